The van der Waals surface area contributed by atoms with Crippen molar-refractivity contribution in [3.8, 4) is 0 Å². The molecule has 1 aliphatic rings. The highest BCUT2D eigenvalue weighted by molar-refractivity contribution is 9.10. The number of halogens is 2. The van der Waals surface area contributed by atoms with Gasteiger partial charge in [0.05, 0.1) is 0 Å². The fraction of sp³-hybridized carbons (Fsp3) is 0.286. The minimum Gasteiger partial charge on any atom is -0.337 e. The quantitative estimate of drug-likeness (QED) is 0.695. The molecule has 0 spiro atoms. The van der Waals surface area contributed by atoms with Gasteiger partial charge in [-0.3, -0.25) is 9.69 Å². The lowest BCUT2D eigenvalue weighted by molar-refractivity contribution is -0.127. The third-order valence-electron chi connectivity index (χ3n) is 4.48. The number of carbonyl (C=O) groups excluding carboxylic acids is 1. The average molecular weight is 417 g/mol. The van der Waals surface area contributed by atoms with Gasteiger partial charge in [-0.2, -0.15) is 0 Å². The lowest BCUT2D eigenvalue weighted by Gasteiger charge is -2.34. The molecule has 1 amide bonds. The molecule has 0 aliphatic carbocycles. The summed E-state index contributed by atoms with van der Waals surface area (Å²) in [6.45, 7) is 5.60. The van der Waals surface area contributed by atoms with E-state index in [1.54, 1.807) is 12.1 Å². The van der Waals surface area contributed by atoms with E-state index in [9.17, 15) is 9.18 Å². The smallest absolute Gasteiger partial charge is 0.246 e. The first kappa shape index (κ1) is 18.8. The van der Waals surface area contributed by atoms with E-state index in [-0.39, 0.29) is 11.7 Å². The number of nitrogens with zero attached hydrogens (tertiary/aromatic N) is 2. The largest absolute Gasteiger partial charge is 0.337 e. The van der Waals surface area contributed by atoms with E-state index in [0.29, 0.717) is 13.1 Å². The molecule has 0 N–H and O–H groups in total. The van der Waals surface area contributed by atoms with E-state index in [0.717, 1.165) is 40.8 Å². The molecule has 0 unspecified atom stereocenters. The van der Waals surface area contributed by atoms with E-state index in [2.05, 4.69) is 20.8 Å². The molecular weight excluding hydrogens is 395 g/mol. The highest BCUT2D eigenvalue weighted by Crippen LogP contribution is 2.14. The van der Waals surface area contributed by atoms with Gasteiger partial charge in [0.25, 0.3) is 0 Å². The maximum absolute atomic E-state index is 13.5. The van der Waals surface area contributed by atoms with E-state index < -0.39 is 0 Å². The Hall–Kier alpha value is -1.98. The summed E-state index contributed by atoms with van der Waals surface area (Å²) in [6, 6.07) is 13.0. The zero-order chi connectivity index (χ0) is 18.5. The molecule has 26 heavy (non-hydrogen) atoms. The van der Waals surface area contributed by atoms with Crippen molar-refractivity contribution < 1.29 is 9.18 Å². The molecule has 0 bridgehead atoms. The number of benzene rings is 2. The van der Waals surface area contributed by atoms with Crippen molar-refractivity contribution in [2.24, 2.45) is 0 Å². The van der Waals surface area contributed by atoms with Crippen molar-refractivity contribution in [2.75, 3.05) is 26.2 Å². The summed E-state index contributed by atoms with van der Waals surface area (Å²) in [5.41, 5.74) is 2.92. The van der Waals surface area contributed by atoms with E-state index >= 15 is 0 Å². The van der Waals surface area contributed by atoms with Gasteiger partial charge in [-0.15, -0.1) is 0 Å². The van der Waals surface area contributed by atoms with Crippen LogP contribution in [0.1, 0.15) is 16.7 Å². The SMILES string of the molecule is Cc1cc(F)cc(CN2CCN(C(=O)/C=C/c3ccc(Br)cc3)CC2)c1. The molecule has 2 aromatic carbocycles. The average Bonchev–Trinajstić information content (AvgIpc) is 2.61. The Balaban J connectivity index is 1.51. The molecule has 5 heteroatoms. The van der Waals surface area contributed by atoms with Crippen LogP contribution in [0.25, 0.3) is 6.08 Å². The number of hydrogen-bond acceptors (Lipinski definition) is 2. The highest BCUT2D eigenvalue weighted by Gasteiger charge is 2.19. The molecule has 0 radical (unpaired) electrons. The molecule has 3 rings (SSSR count). The van der Waals surface area contributed by atoms with Crippen LogP contribution in [0.3, 0.4) is 0 Å². The van der Waals surface area contributed by atoms with Gasteiger partial charge in [0, 0.05) is 43.3 Å². The topological polar surface area (TPSA) is 23.6 Å². The van der Waals surface area contributed by atoms with Crippen LogP contribution in [0.4, 0.5) is 4.39 Å². The summed E-state index contributed by atoms with van der Waals surface area (Å²) < 4.78 is 14.5. The first-order chi connectivity index (χ1) is 12.5. The van der Waals surface area contributed by atoms with Gasteiger partial charge < -0.3 is 4.90 Å². The van der Waals surface area contributed by atoms with E-state index in [1.807, 2.05) is 48.2 Å². The van der Waals surface area contributed by atoms with Crippen molar-refractivity contribution in [3.05, 3.63) is 75.5 Å². The zero-order valence-corrected chi connectivity index (χ0v) is 16.4. The Bertz CT molecular complexity index is 776. The first-order valence-electron chi connectivity index (χ1n) is 8.70. The van der Waals surface area contributed by atoms with Gasteiger partial charge in [-0.25, -0.2) is 4.39 Å². The molecule has 1 fully saturated rings. The number of rotatable bonds is 4. The maximum Gasteiger partial charge on any atom is 0.246 e. The molecule has 0 aromatic heterocycles. The van der Waals surface area contributed by atoms with Crippen LogP contribution in [0, 0.1) is 12.7 Å². The summed E-state index contributed by atoms with van der Waals surface area (Å²) >= 11 is 3.40. The lowest BCUT2D eigenvalue weighted by Crippen LogP contribution is -2.47. The number of amides is 1. The van der Waals surface area contributed by atoms with Crippen molar-refractivity contribution in [1.29, 1.82) is 0 Å². The highest BCUT2D eigenvalue weighted by atomic mass is 79.9. The molecule has 1 heterocycles. The van der Waals surface area contributed by atoms with Gasteiger partial charge in [0.1, 0.15) is 5.82 Å². The summed E-state index contributed by atoms with van der Waals surface area (Å²) in [4.78, 5) is 16.5. The van der Waals surface area contributed by atoms with Crippen LogP contribution < -0.4 is 0 Å². The van der Waals surface area contributed by atoms with Crippen molar-refractivity contribution >= 4 is 27.9 Å². The van der Waals surface area contributed by atoms with Crippen LogP contribution >= 0.6 is 15.9 Å². The molecule has 1 aliphatic heterocycles. The Morgan fingerprint density at radius 2 is 1.81 bits per heavy atom. The Morgan fingerprint density at radius 3 is 2.46 bits per heavy atom. The first-order valence-corrected chi connectivity index (χ1v) is 9.50. The van der Waals surface area contributed by atoms with Crippen LogP contribution in [0.5, 0.6) is 0 Å². The molecule has 136 valence electrons. The number of piperazine rings is 1. The zero-order valence-electron chi connectivity index (χ0n) is 14.8. The molecule has 1 saturated heterocycles. The van der Waals surface area contributed by atoms with Crippen LogP contribution in [-0.2, 0) is 11.3 Å². The number of aryl methyl sites for hydroxylation is 1. The molecule has 2 aromatic rings. The Kier molecular flexibility index (Phi) is 6.22. The summed E-state index contributed by atoms with van der Waals surface area (Å²) in [6.07, 6.45) is 3.48. The fourth-order valence-electron chi connectivity index (χ4n) is 3.13. The van der Waals surface area contributed by atoms with Gasteiger partial charge >= 0.3 is 0 Å². The maximum atomic E-state index is 13.5. The van der Waals surface area contributed by atoms with Crippen LogP contribution in [0.15, 0.2) is 53.0 Å². The third kappa shape index (κ3) is 5.26. The van der Waals surface area contributed by atoms with E-state index in [4.69, 9.17) is 0 Å². The monoisotopic (exact) mass is 416 g/mol. The Labute approximate surface area is 162 Å². The normalized spacial score (nSPS) is 15.6. The fourth-order valence-corrected chi connectivity index (χ4v) is 3.40. The molecule has 0 atom stereocenters. The molecular formula is C21H22BrFN2O. The van der Waals surface area contributed by atoms with Crippen molar-refractivity contribution in [1.82, 2.24) is 9.80 Å². The number of carbonyl (C=O) groups is 1. The van der Waals surface area contributed by atoms with Crippen molar-refractivity contribution in [2.45, 2.75) is 13.5 Å². The Morgan fingerprint density at radius 1 is 1.12 bits per heavy atom. The second-order valence-electron chi connectivity index (χ2n) is 6.62. The molecule has 0 saturated carbocycles. The van der Waals surface area contributed by atoms with Gasteiger partial charge in [0.2, 0.25) is 5.91 Å². The standard InChI is InChI=1S/C21H22BrFN2O/c1-16-12-18(14-20(23)13-16)15-24-8-10-25(11-9-24)21(26)7-4-17-2-5-19(22)6-3-17/h2-7,12-14H,8-11,15H2,1H3/b7-4+. The van der Waals surface area contributed by atoms with Crippen molar-refractivity contribution in [3.63, 3.8) is 0 Å². The second kappa shape index (κ2) is 8.60. The number of hydrogen-bond donors (Lipinski definition) is 0. The summed E-state index contributed by atoms with van der Waals surface area (Å²) in [5, 5.41) is 0. The third-order valence-corrected chi connectivity index (χ3v) is 5.01. The lowest BCUT2D eigenvalue weighted by atomic mass is 10.1. The van der Waals surface area contributed by atoms with Crippen LogP contribution in [0.2, 0.25) is 0 Å². The van der Waals surface area contributed by atoms with Gasteiger partial charge in [-0.05, 0) is 54.0 Å². The van der Waals surface area contributed by atoms with Crippen LogP contribution in [-0.4, -0.2) is 41.9 Å². The predicted octanol–water partition coefficient (Wildman–Crippen LogP) is 4.25. The minimum absolute atomic E-state index is 0.0363. The van der Waals surface area contributed by atoms with Gasteiger partial charge in [-0.1, -0.05) is 34.1 Å². The molecule has 3 nitrogen and oxygen atoms in total. The minimum atomic E-state index is -0.188. The second-order valence-corrected chi connectivity index (χ2v) is 7.54. The predicted molar refractivity (Wildman–Crippen MR) is 106 cm³/mol. The van der Waals surface area contributed by atoms with Gasteiger partial charge in [0.15, 0.2) is 0 Å². The summed E-state index contributed by atoms with van der Waals surface area (Å²) in [7, 11) is 0. The van der Waals surface area contributed by atoms with E-state index in [1.165, 1.54) is 6.07 Å². The summed E-state index contributed by atoms with van der Waals surface area (Å²) in [5.74, 6) is -0.152.